The van der Waals surface area contributed by atoms with Gasteiger partial charge in [-0.05, 0) is 61.9 Å². The molecule has 0 saturated carbocycles. The number of thioether (sulfide) groups is 1. The summed E-state index contributed by atoms with van der Waals surface area (Å²) in [4.78, 5) is 11.3. The van der Waals surface area contributed by atoms with E-state index >= 15 is 0 Å². The number of ether oxygens (including phenoxy) is 2. The van der Waals surface area contributed by atoms with Crippen LogP contribution in [-0.4, -0.2) is 32.8 Å². The van der Waals surface area contributed by atoms with Crippen molar-refractivity contribution in [3.05, 3.63) is 104 Å². The Balaban J connectivity index is 1.61. The largest absolute Gasteiger partial charge is 0.494 e. The Labute approximate surface area is 221 Å². The van der Waals surface area contributed by atoms with Gasteiger partial charge >= 0.3 is 0 Å². The van der Waals surface area contributed by atoms with Crippen LogP contribution in [0.4, 0.5) is 0 Å². The average molecular weight is 569 g/mol. The van der Waals surface area contributed by atoms with Crippen molar-refractivity contribution < 1.29 is 14.4 Å². The van der Waals surface area contributed by atoms with Crippen molar-refractivity contribution in [3.8, 4) is 17.2 Å². The van der Waals surface area contributed by atoms with Gasteiger partial charge in [-0.1, -0.05) is 58.0 Å². The molecular formula is C26H25BrN4O4S. The highest BCUT2D eigenvalue weighted by Crippen LogP contribution is 2.40. The number of para-hydroxylation sites is 1. The van der Waals surface area contributed by atoms with Gasteiger partial charge in [0.05, 0.1) is 6.61 Å². The van der Waals surface area contributed by atoms with Crippen LogP contribution in [0.15, 0.2) is 82.4 Å². The Hall–Kier alpha value is -3.37. The van der Waals surface area contributed by atoms with E-state index in [1.165, 1.54) is 11.8 Å². The third-order valence-electron chi connectivity index (χ3n) is 5.34. The molecule has 8 nitrogen and oxygen atoms in total. The number of aryl methyl sites for hydroxylation is 1. The lowest BCUT2D eigenvalue weighted by molar-refractivity contribution is -0.479. The van der Waals surface area contributed by atoms with Crippen molar-refractivity contribution in [2.75, 3.05) is 13.2 Å². The van der Waals surface area contributed by atoms with Crippen molar-refractivity contribution in [2.45, 2.75) is 30.9 Å². The summed E-state index contributed by atoms with van der Waals surface area (Å²) in [5.74, 6) is 2.05. The van der Waals surface area contributed by atoms with Crippen molar-refractivity contribution in [2.24, 2.45) is 0 Å². The summed E-state index contributed by atoms with van der Waals surface area (Å²) in [5.41, 5.74) is 2.58. The van der Waals surface area contributed by atoms with Crippen molar-refractivity contribution >= 4 is 27.7 Å². The molecule has 1 aromatic heterocycles. The molecule has 4 rings (SSSR count). The molecule has 3 aromatic carbocycles. The van der Waals surface area contributed by atoms with Gasteiger partial charge in [0.25, 0.3) is 0 Å². The van der Waals surface area contributed by atoms with Crippen LogP contribution < -0.4 is 9.47 Å². The van der Waals surface area contributed by atoms with Gasteiger partial charge in [-0.25, -0.2) is 0 Å². The van der Waals surface area contributed by atoms with Crippen LogP contribution in [0, 0.1) is 17.0 Å². The molecule has 1 heterocycles. The Morgan fingerprint density at radius 3 is 2.44 bits per heavy atom. The van der Waals surface area contributed by atoms with Crippen LogP contribution in [0.5, 0.6) is 11.5 Å². The van der Waals surface area contributed by atoms with E-state index < -0.39 is 5.25 Å². The molecule has 0 aliphatic rings. The van der Waals surface area contributed by atoms with Crippen LogP contribution in [-0.2, 0) is 6.61 Å². The number of hydrogen-bond acceptors (Lipinski definition) is 7. The van der Waals surface area contributed by atoms with Crippen LogP contribution in [0.1, 0.15) is 29.1 Å². The van der Waals surface area contributed by atoms with Gasteiger partial charge in [0.2, 0.25) is 6.54 Å². The highest BCUT2D eigenvalue weighted by molar-refractivity contribution is 9.10. The fourth-order valence-electron chi connectivity index (χ4n) is 3.66. The van der Waals surface area contributed by atoms with Gasteiger partial charge in [-0.15, -0.1) is 10.2 Å². The molecule has 0 radical (unpaired) electrons. The molecule has 186 valence electrons. The molecule has 0 spiro atoms. The molecule has 10 heteroatoms. The van der Waals surface area contributed by atoms with E-state index in [4.69, 9.17) is 9.47 Å². The fourth-order valence-corrected chi connectivity index (χ4v) is 5.12. The molecule has 0 saturated heterocycles. The van der Waals surface area contributed by atoms with Gasteiger partial charge in [0.15, 0.2) is 5.16 Å². The van der Waals surface area contributed by atoms with E-state index in [0.717, 1.165) is 27.0 Å². The van der Waals surface area contributed by atoms with Crippen LogP contribution in [0.3, 0.4) is 0 Å². The van der Waals surface area contributed by atoms with Gasteiger partial charge in [-0.3, -0.25) is 14.7 Å². The Bertz CT molecular complexity index is 1310. The number of hydrogen-bond donors (Lipinski definition) is 0. The van der Waals surface area contributed by atoms with E-state index in [0.29, 0.717) is 29.9 Å². The number of aromatic nitrogens is 3. The smallest absolute Gasteiger partial charge is 0.220 e. The Kier molecular flexibility index (Phi) is 8.61. The van der Waals surface area contributed by atoms with Crippen molar-refractivity contribution in [3.63, 3.8) is 0 Å². The zero-order chi connectivity index (χ0) is 25.5. The number of rotatable bonds is 11. The average Bonchev–Trinajstić information content (AvgIpc) is 3.23. The minimum Gasteiger partial charge on any atom is -0.494 e. The number of nitro groups is 1. The minimum absolute atomic E-state index is 0.293. The highest BCUT2D eigenvalue weighted by Gasteiger charge is 2.26. The monoisotopic (exact) mass is 568 g/mol. The summed E-state index contributed by atoms with van der Waals surface area (Å²) in [7, 11) is 0. The van der Waals surface area contributed by atoms with Gasteiger partial charge in [0, 0.05) is 20.6 Å². The van der Waals surface area contributed by atoms with E-state index in [9.17, 15) is 10.1 Å². The molecular weight excluding hydrogens is 544 g/mol. The topological polar surface area (TPSA) is 92.3 Å². The second-order valence-electron chi connectivity index (χ2n) is 7.87. The van der Waals surface area contributed by atoms with E-state index in [1.54, 1.807) is 0 Å². The summed E-state index contributed by atoms with van der Waals surface area (Å²) >= 11 is 4.73. The summed E-state index contributed by atoms with van der Waals surface area (Å²) in [5, 5.41) is 20.2. The molecule has 36 heavy (non-hydrogen) atoms. The first kappa shape index (κ1) is 25.7. The second kappa shape index (κ2) is 12.0. The van der Waals surface area contributed by atoms with Gasteiger partial charge < -0.3 is 9.47 Å². The van der Waals surface area contributed by atoms with Crippen LogP contribution in [0.25, 0.3) is 5.69 Å². The van der Waals surface area contributed by atoms with Crippen molar-refractivity contribution in [1.82, 2.24) is 14.8 Å². The maximum atomic E-state index is 11.6. The van der Waals surface area contributed by atoms with E-state index in [2.05, 4.69) is 26.1 Å². The SMILES string of the molecule is CCOc1ccc(-n2c(C)nnc2S[C@@H](C[N+](=O)[O-])c2ccccc2OCc2ccc(Br)cc2)cc1. The predicted octanol–water partition coefficient (Wildman–Crippen LogP) is 6.43. The molecule has 0 N–H and O–H groups in total. The van der Waals surface area contributed by atoms with E-state index in [1.807, 2.05) is 91.2 Å². The lowest BCUT2D eigenvalue weighted by atomic mass is 10.1. The molecule has 0 aliphatic heterocycles. The second-order valence-corrected chi connectivity index (χ2v) is 9.95. The molecule has 0 amide bonds. The maximum Gasteiger partial charge on any atom is 0.220 e. The van der Waals surface area contributed by atoms with Crippen LogP contribution >= 0.6 is 27.7 Å². The summed E-state index contributed by atoms with van der Waals surface area (Å²) < 4.78 is 14.5. The van der Waals surface area contributed by atoms with E-state index in [-0.39, 0.29) is 11.5 Å². The lowest BCUT2D eigenvalue weighted by Gasteiger charge is -2.18. The summed E-state index contributed by atoms with van der Waals surface area (Å²) in [6, 6.07) is 22.9. The fraction of sp³-hybridized carbons (Fsp3) is 0.231. The molecule has 0 unspecified atom stereocenters. The summed E-state index contributed by atoms with van der Waals surface area (Å²) in [6.45, 7) is 4.42. The Morgan fingerprint density at radius 1 is 1.03 bits per heavy atom. The molecule has 0 fully saturated rings. The summed E-state index contributed by atoms with van der Waals surface area (Å²) in [6.07, 6.45) is 0. The standard InChI is InChI=1S/C26H25BrN4O4S/c1-3-34-22-14-12-21(13-15-22)31-18(2)28-29-26(31)36-25(16-30(32)33)23-6-4-5-7-24(23)35-17-19-8-10-20(27)11-9-19/h4-15,25H,3,16-17H2,1-2H3/t25-/m0/s1. The molecule has 0 bridgehead atoms. The predicted molar refractivity (Wildman–Crippen MR) is 143 cm³/mol. The highest BCUT2D eigenvalue weighted by atomic mass is 79.9. The van der Waals surface area contributed by atoms with Crippen LogP contribution in [0.2, 0.25) is 0 Å². The number of nitrogens with zero attached hydrogens (tertiary/aromatic N) is 4. The molecule has 1 atom stereocenters. The zero-order valence-corrected chi connectivity index (χ0v) is 22.2. The first-order valence-corrected chi connectivity index (χ1v) is 13.0. The first-order valence-electron chi connectivity index (χ1n) is 11.3. The zero-order valence-electron chi connectivity index (χ0n) is 19.8. The minimum atomic E-state index is -0.536. The van der Waals surface area contributed by atoms with Gasteiger partial charge in [-0.2, -0.15) is 0 Å². The number of benzene rings is 3. The molecule has 0 aliphatic carbocycles. The third-order valence-corrected chi connectivity index (χ3v) is 7.03. The lowest BCUT2D eigenvalue weighted by Crippen LogP contribution is -2.12. The third kappa shape index (κ3) is 6.44. The van der Waals surface area contributed by atoms with Crippen molar-refractivity contribution in [1.29, 1.82) is 0 Å². The number of halogens is 1. The Morgan fingerprint density at radius 2 is 1.75 bits per heavy atom. The maximum absolute atomic E-state index is 11.6. The van der Waals surface area contributed by atoms with Gasteiger partial charge in [0.1, 0.15) is 29.2 Å². The normalized spacial score (nSPS) is 11.8. The molecule has 4 aromatic rings. The first-order chi connectivity index (χ1) is 17.4. The quantitative estimate of drug-likeness (QED) is 0.117.